The minimum Gasteiger partial charge on any atom is -0.364 e. The van der Waals surface area contributed by atoms with Crippen molar-refractivity contribution in [2.45, 2.75) is 6.54 Å². The lowest BCUT2D eigenvalue weighted by molar-refractivity contribution is 1.02. The number of aromatic nitrogens is 5. The fraction of sp³-hybridized carbons (Fsp3) is 0.0588. The van der Waals surface area contributed by atoms with E-state index in [2.05, 4.69) is 35.6 Å². The Morgan fingerprint density at radius 2 is 1.96 bits per heavy atom. The Morgan fingerprint density at radius 1 is 0.958 bits per heavy atom. The van der Waals surface area contributed by atoms with Gasteiger partial charge in [0.2, 0.25) is 5.95 Å². The summed E-state index contributed by atoms with van der Waals surface area (Å²) in [5.74, 6) is 1.26. The molecule has 0 amide bonds. The van der Waals surface area contributed by atoms with Crippen LogP contribution in [0.5, 0.6) is 0 Å². The number of nitrogens with one attached hydrogen (secondary N) is 3. The van der Waals surface area contributed by atoms with Gasteiger partial charge in [-0.05, 0) is 36.4 Å². The molecule has 0 radical (unpaired) electrons. The zero-order valence-corrected chi connectivity index (χ0v) is 12.8. The van der Waals surface area contributed by atoms with E-state index < -0.39 is 0 Å². The van der Waals surface area contributed by atoms with Crippen LogP contribution in [0.2, 0.25) is 0 Å². The summed E-state index contributed by atoms with van der Waals surface area (Å²) in [6, 6.07) is 13.5. The van der Waals surface area contributed by atoms with Crippen LogP contribution in [0.15, 0.2) is 61.2 Å². The molecule has 24 heavy (non-hydrogen) atoms. The third-order valence-electron chi connectivity index (χ3n) is 3.51. The van der Waals surface area contributed by atoms with Crippen LogP contribution >= 0.6 is 0 Å². The molecule has 0 spiro atoms. The number of nitrogens with zero attached hydrogens (tertiary/aromatic N) is 4. The number of anilines is 3. The lowest BCUT2D eigenvalue weighted by Gasteiger charge is -2.08. The molecule has 0 saturated carbocycles. The second-order valence-electron chi connectivity index (χ2n) is 5.20. The van der Waals surface area contributed by atoms with E-state index in [0.29, 0.717) is 12.5 Å². The number of benzene rings is 1. The Bertz CT molecular complexity index is 949. The van der Waals surface area contributed by atoms with Crippen molar-refractivity contribution in [2.75, 3.05) is 10.6 Å². The van der Waals surface area contributed by atoms with E-state index in [9.17, 15) is 0 Å². The van der Waals surface area contributed by atoms with E-state index in [4.69, 9.17) is 0 Å². The smallest absolute Gasteiger partial charge is 0.229 e. The van der Waals surface area contributed by atoms with Gasteiger partial charge in [0.1, 0.15) is 5.82 Å². The summed E-state index contributed by atoms with van der Waals surface area (Å²) in [7, 11) is 0. The van der Waals surface area contributed by atoms with E-state index in [1.807, 2.05) is 42.5 Å². The van der Waals surface area contributed by atoms with Crippen molar-refractivity contribution in [3.8, 4) is 0 Å². The van der Waals surface area contributed by atoms with Crippen LogP contribution in [-0.2, 0) is 6.54 Å². The highest BCUT2D eigenvalue weighted by atomic mass is 15.1. The van der Waals surface area contributed by atoms with E-state index in [1.165, 1.54) is 0 Å². The van der Waals surface area contributed by atoms with Crippen molar-refractivity contribution in [3.63, 3.8) is 0 Å². The predicted molar refractivity (Wildman–Crippen MR) is 93.0 cm³/mol. The van der Waals surface area contributed by atoms with E-state index >= 15 is 0 Å². The molecule has 0 unspecified atom stereocenters. The normalized spacial score (nSPS) is 10.7. The van der Waals surface area contributed by atoms with E-state index in [-0.39, 0.29) is 0 Å². The summed E-state index contributed by atoms with van der Waals surface area (Å²) in [6.07, 6.45) is 5.16. The molecular formula is C17H15N7. The fourth-order valence-corrected chi connectivity index (χ4v) is 2.34. The highest BCUT2D eigenvalue weighted by Crippen LogP contribution is 2.19. The van der Waals surface area contributed by atoms with Crippen molar-refractivity contribution < 1.29 is 0 Å². The van der Waals surface area contributed by atoms with Gasteiger partial charge >= 0.3 is 0 Å². The molecule has 118 valence electrons. The van der Waals surface area contributed by atoms with Gasteiger partial charge in [0.05, 0.1) is 29.6 Å². The second-order valence-corrected chi connectivity index (χ2v) is 5.20. The van der Waals surface area contributed by atoms with Gasteiger partial charge in [-0.15, -0.1) is 0 Å². The van der Waals surface area contributed by atoms with Crippen molar-refractivity contribution in [1.82, 2.24) is 24.9 Å². The number of fused-ring (bicyclic) bond motifs is 1. The van der Waals surface area contributed by atoms with Crippen LogP contribution in [0.4, 0.5) is 17.5 Å². The van der Waals surface area contributed by atoms with Gasteiger partial charge in [0.15, 0.2) is 0 Å². The van der Waals surface area contributed by atoms with Gasteiger partial charge in [-0.25, -0.2) is 9.97 Å². The average molecular weight is 317 g/mol. The summed E-state index contributed by atoms with van der Waals surface area (Å²) in [4.78, 5) is 20.3. The maximum absolute atomic E-state index is 4.46. The third-order valence-corrected chi connectivity index (χ3v) is 3.51. The number of imidazole rings is 1. The van der Waals surface area contributed by atoms with E-state index in [0.717, 1.165) is 28.2 Å². The Morgan fingerprint density at radius 3 is 2.88 bits per heavy atom. The van der Waals surface area contributed by atoms with Crippen LogP contribution in [-0.4, -0.2) is 24.9 Å². The molecule has 4 aromatic rings. The summed E-state index contributed by atoms with van der Waals surface area (Å²) >= 11 is 0. The van der Waals surface area contributed by atoms with Crippen LogP contribution in [0, 0.1) is 0 Å². The number of pyridine rings is 1. The third kappa shape index (κ3) is 3.14. The van der Waals surface area contributed by atoms with Gasteiger partial charge in [-0.2, -0.15) is 4.98 Å². The van der Waals surface area contributed by atoms with Gasteiger partial charge in [0, 0.05) is 18.1 Å². The zero-order chi connectivity index (χ0) is 16.2. The maximum atomic E-state index is 4.46. The highest BCUT2D eigenvalue weighted by Gasteiger charge is 2.03. The molecule has 0 atom stereocenters. The SMILES string of the molecule is c1ccc(CNc2ccnc(Nc3ccc4[nH]cnc4c3)n2)nc1. The van der Waals surface area contributed by atoms with Crippen LogP contribution < -0.4 is 10.6 Å². The molecule has 4 rings (SSSR count). The van der Waals surface area contributed by atoms with E-state index in [1.54, 1.807) is 18.7 Å². The first-order valence-corrected chi connectivity index (χ1v) is 7.54. The first-order valence-electron chi connectivity index (χ1n) is 7.54. The van der Waals surface area contributed by atoms with Crippen LogP contribution in [0.25, 0.3) is 11.0 Å². The fourth-order valence-electron chi connectivity index (χ4n) is 2.34. The van der Waals surface area contributed by atoms with Crippen molar-refractivity contribution in [3.05, 3.63) is 66.9 Å². The van der Waals surface area contributed by atoms with Crippen molar-refractivity contribution in [1.29, 1.82) is 0 Å². The molecule has 0 aliphatic carbocycles. The van der Waals surface area contributed by atoms with Crippen LogP contribution in [0.1, 0.15) is 5.69 Å². The highest BCUT2D eigenvalue weighted by molar-refractivity contribution is 5.79. The number of aromatic amines is 1. The maximum Gasteiger partial charge on any atom is 0.229 e. The Kier molecular flexibility index (Phi) is 3.73. The molecule has 3 N–H and O–H groups in total. The quantitative estimate of drug-likeness (QED) is 0.524. The lowest BCUT2D eigenvalue weighted by Crippen LogP contribution is -2.05. The lowest BCUT2D eigenvalue weighted by atomic mass is 10.3. The monoisotopic (exact) mass is 317 g/mol. The number of rotatable bonds is 5. The first kappa shape index (κ1) is 14.1. The van der Waals surface area contributed by atoms with Gasteiger partial charge in [-0.3, -0.25) is 4.98 Å². The van der Waals surface area contributed by atoms with Gasteiger partial charge in [-0.1, -0.05) is 6.07 Å². The minimum absolute atomic E-state index is 0.524. The van der Waals surface area contributed by atoms with Gasteiger partial charge in [0.25, 0.3) is 0 Å². The summed E-state index contributed by atoms with van der Waals surface area (Å²) < 4.78 is 0. The number of hydrogen-bond donors (Lipinski definition) is 3. The predicted octanol–water partition coefficient (Wildman–Crippen LogP) is 3.10. The minimum atomic E-state index is 0.524. The molecule has 0 aliphatic rings. The summed E-state index contributed by atoms with van der Waals surface area (Å²) in [5.41, 5.74) is 3.72. The number of H-pyrrole nitrogens is 1. The topological polar surface area (TPSA) is 91.4 Å². The zero-order valence-electron chi connectivity index (χ0n) is 12.8. The molecular weight excluding hydrogens is 302 g/mol. The standard InChI is InChI=1S/C17H15N7/c1-2-7-18-13(3-1)10-20-16-6-8-19-17(24-16)23-12-4-5-14-15(9-12)22-11-21-14/h1-9,11H,10H2,(H,21,22)(H2,19,20,23,24). The molecule has 7 heteroatoms. The summed E-state index contributed by atoms with van der Waals surface area (Å²) in [5, 5.41) is 6.43. The molecule has 3 aromatic heterocycles. The molecule has 0 bridgehead atoms. The van der Waals surface area contributed by atoms with Crippen molar-refractivity contribution in [2.24, 2.45) is 0 Å². The van der Waals surface area contributed by atoms with Gasteiger partial charge < -0.3 is 15.6 Å². The summed E-state index contributed by atoms with van der Waals surface area (Å²) in [6.45, 7) is 0.608. The molecule has 0 aliphatic heterocycles. The Balaban J connectivity index is 1.47. The Labute approximate surface area is 138 Å². The first-order chi connectivity index (χ1) is 11.9. The molecule has 1 aromatic carbocycles. The molecule has 0 fully saturated rings. The molecule has 3 heterocycles. The van der Waals surface area contributed by atoms with Crippen LogP contribution in [0.3, 0.4) is 0 Å². The average Bonchev–Trinajstić information content (AvgIpc) is 3.09. The second kappa shape index (κ2) is 6.33. The van der Waals surface area contributed by atoms with Crippen molar-refractivity contribution >= 4 is 28.5 Å². The molecule has 7 nitrogen and oxygen atoms in total. The number of hydrogen-bond acceptors (Lipinski definition) is 6. The molecule has 0 saturated heterocycles. The Hall–Kier alpha value is -3.48. The largest absolute Gasteiger partial charge is 0.364 e.